The minimum Gasteiger partial charge on any atom is -0.492 e. The van der Waals surface area contributed by atoms with Crippen LogP contribution in [0.3, 0.4) is 0 Å². The maximum Gasteiger partial charge on any atom is 0.246 e. The molecule has 1 spiro atoms. The molecule has 1 saturated carbocycles. The Balaban J connectivity index is 1.01. The predicted octanol–water partition coefficient (Wildman–Crippen LogP) is 2.85. The molecular weight excluding hydrogens is 683 g/mol. The molecular formula is C36H47N3O9S2. The van der Waals surface area contributed by atoms with Crippen LogP contribution in [-0.2, 0) is 31.1 Å². The Labute approximate surface area is 294 Å². The Morgan fingerprint density at radius 2 is 1.70 bits per heavy atom. The summed E-state index contributed by atoms with van der Waals surface area (Å²) in [5.74, 6) is 0.648. The van der Waals surface area contributed by atoms with Gasteiger partial charge in [-0.25, -0.2) is 16.8 Å². The highest BCUT2D eigenvalue weighted by atomic mass is 32.2. The number of hydrogen-bond donors (Lipinski definition) is 4. The summed E-state index contributed by atoms with van der Waals surface area (Å²) in [4.78, 5) is 0.239. The van der Waals surface area contributed by atoms with Crippen molar-refractivity contribution in [1.29, 1.82) is 0 Å². The van der Waals surface area contributed by atoms with E-state index < -0.39 is 42.9 Å². The molecule has 0 aromatic heterocycles. The van der Waals surface area contributed by atoms with Gasteiger partial charge in [0.15, 0.2) is 9.84 Å². The number of ether oxygens (including phenoxy) is 3. The molecule has 3 aromatic carbocycles. The zero-order valence-corrected chi connectivity index (χ0v) is 29.9. The average Bonchev–Trinajstić information content (AvgIpc) is 3.86. The summed E-state index contributed by atoms with van der Waals surface area (Å²) >= 11 is 0. The first-order chi connectivity index (χ1) is 23.9. The van der Waals surface area contributed by atoms with E-state index in [2.05, 4.69) is 5.32 Å². The highest BCUT2D eigenvalue weighted by molar-refractivity contribution is 7.93. The van der Waals surface area contributed by atoms with Crippen LogP contribution in [0.2, 0.25) is 0 Å². The molecule has 0 unspecified atom stereocenters. The topological polar surface area (TPSA) is 178 Å². The summed E-state index contributed by atoms with van der Waals surface area (Å²) in [6.07, 6.45) is 1.76. The molecule has 50 heavy (non-hydrogen) atoms. The molecule has 0 bridgehead atoms. The lowest BCUT2D eigenvalue weighted by Gasteiger charge is -2.38. The van der Waals surface area contributed by atoms with Crippen LogP contribution in [0.1, 0.15) is 44.6 Å². The van der Waals surface area contributed by atoms with E-state index in [-0.39, 0.29) is 29.0 Å². The van der Waals surface area contributed by atoms with Gasteiger partial charge >= 0.3 is 0 Å². The molecule has 1 aliphatic carbocycles. The Bertz CT molecular complexity index is 1860. The number of sulfone groups is 1. The van der Waals surface area contributed by atoms with Gasteiger partial charge in [-0.2, -0.15) is 4.31 Å². The molecule has 14 heteroatoms. The summed E-state index contributed by atoms with van der Waals surface area (Å²) in [6, 6.07) is 19.1. The lowest BCUT2D eigenvalue weighted by atomic mass is 9.88. The molecule has 272 valence electrons. The highest BCUT2D eigenvalue weighted by Gasteiger charge is 2.54. The van der Waals surface area contributed by atoms with Crippen molar-refractivity contribution in [2.24, 2.45) is 5.73 Å². The van der Waals surface area contributed by atoms with E-state index in [0.29, 0.717) is 76.5 Å². The lowest BCUT2D eigenvalue weighted by molar-refractivity contribution is -0.0312. The third kappa shape index (κ3) is 7.58. The van der Waals surface area contributed by atoms with E-state index in [0.717, 1.165) is 16.7 Å². The van der Waals surface area contributed by atoms with Gasteiger partial charge in [0, 0.05) is 32.2 Å². The zero-order valence-electron chi connectivity index (χ0n) is 28.3. The monoisotopic (exact) mass is 729 g/mol. The van der Waals surface area contributed by atoms with E-state index in [1.165, 1.54) is 16.4 Å². The van der Waals surface area contributed by atoms with Crippen LogP contribution in [0.5, 0.6) is 11.5 Å². The molecule has 2 atom stereocenters. The van der Waals surface area contributed by atoms with Crippen molar-refractivity contribution in [3.63, 3.8) is 0 Å². The largest absolute Gasteiger partial charge is 0.492 e. The summed E-state index contributed by atoms with van der Waals surface area (Å²) in [6.45, 7) is 3.42. The van der Waals surface area contributed by atoms with Crippen LogP contribution in [0, 0.1) is 0 Å². The zero-order chi connectivity index (χ0) is 35.6. The van der Waals surface area contributed by atoms with E-state index in [4.69, 9.17) is 19.9 Å². The predicted molar refractivity (Wildman–Crippen MR) is 188 cm³/mol. The Morgan fingerprint density at radius 3 is 2.36 bits per heavy atom. The van der Waals surface area contributed by atoms with Gasteiger partial charge in [0.1, 0.15) is 29.1 Å². The van der Waals surface area contributed by atoms with E-state index in [9.17, 15) is 27.0 Å². The summed E-state index contributed by atoms with van der Waals surface area (Å²) < 4.78 is 72.0. The normalized spacial score (nSPS) is 20.8. The minimum atomic E-state index is -3.86. The number of hydrogen-bond acceptors (Lipinski definition) is 11. The van der Waals surface area contributed by atoms with Crippen LogP contribution in [0.25, 0.3) is 11.1 Å². The minimum absolute atomic E-state index is 0.0265. The fraction of sp³-hybridized carbons (Fsp3) is 0.500. The number of aliphatic hydroxyl groups is 2. The van der Waals surface area contributed by atoms with Crippen molar-refractivity contribution in [2.75, 3.05) is 46.1 Å². The Morgan fingerprint density at radius 1 is 0.980 bits per heavy atom. The van der Waals surface area contributed by atoms with Gasteiger partial charge in [0.05, 0.1) is 35.1 Å². The van der Waals surface area contributed by atoms with Crippen molar-refractivity contribution in [3.05, 3.63) is 72.3 Å². The van der Waals surface area contributed by atoms with Crippen molar-refractivity contribution in [1.82, 2.24) is 9.62 Å². The highest BCUT2D eigenvalue weighted by Crippen LogP contribution is 2.46. The van der Waals surface area contributed by atoms with Crippen molar-refractivity contribution in [3.8, 4) is 22.6 Å². The summed E-state index contributed by atoms with van der Waals surface area (Å²) in [5, 5.41) is 23.6. The van der Waals surface area contributed by atoms with Gasteiger partial charge in [-0.05, 0) is 86.1 Å². The van der Waals surface area contributed by atoms with Gasteiger partial charge < -0.3 is 35.5 Å². The molecule has 0 amide bonds. The number of nitrogens with two attached hydrogens (primary N) is 1. The molecule has 6 rings (SSSR count). The van der Waals surface area contributed by atoms with Crippen molar-refractivity contribution >= 4 is 19.9 Å². The molecule has 0 radical (unpaired) electrons. The van der Waals surface area contributed by atoms with E-state index in [1.807, 2.05) is 37.3 Å². The number of nitrogens with zero attached hydrogens (tertiary/aromatic N) is 1. The number of aliphatic hydroxyl groups excluding tert-OH is 2. The van der Waals surface area contributed by atoms with Crippen LogP contribution < -0.4 is 20.5 Å². The van der Waals surface area contributed by atoms with Crippen molar-refractivity contribution < 1.29 is 41.3 Å². The SMILES string of the molecule is CCOc1ccc(-c2ccc(CN)cc2)cc1S(=O)(=O)N1CCC2(CC1)C[C@H](NC[C@H](O)COc1cccc(S(=O)(=O)C3(CO)CC3)c1)CO2. The van der Waals surface area contributed by atoms with Crippen molar-refractivity contribution in [2.45, 2.75) is 77.9 Å². The Hall–Kier alpha value is -3.08. The quantitative estimate of drug-likeness (QED) is 0.181. The third-order valence-electron chi connectivity index (χ3n) is 10.1. The second-order valence-corrected chi connectivity index (χ2v) is 17.7. The first-order valence-corrected chi connectivity index (χ1v) is 20.1. The third-order valence-corrected chi connectivity index (χ3v) is 14.6. The first-order valence-electron chi connectivity index (χ1n) is 17.1. The fourth-order valence-corrected chi connectivity index (χ4v) is 10.2. The van der Waals surface area contributed by atoms with Gasteiger partial charge in [-0.1, -0.05) is 36.4 Å². The number of piperidine rings is 1. The maximum absolute atomic E-state index is 14.0. The smallest absolute Gasteiger partial charge is 0.246 e. The van der Waals surface area contributed by atoms with Crippen LogP contribution in [-0.4, -0.2) is 99.9 Å². The second-order valence-electron chi connectivity index (χ2n) is 13.5. The van der Waals surface area contributed by atoms with Gasteiger partial charge in [0.25, 0.3) is 0 Å². The van der Waals surface area contributed by atoms with Crippen LogP contribution in [0.15, 0.2) is 76.5 Å². The molecule has 12 nitrogen and oxygen atoms in total. The molecule has 3 aromatic rings. The Kier molecular flexibility index (Phi) is 10.9. The number of rotatable bonds is 15. The molecule has 2 saturated heterocycles. The fourth-order valence-electron chi connectivity index (χ4n) is 6.78. The average molecular weight is 730 g/mol. The van der Waals surface area contributed by atoms with Gasteiger partial charge in [-0.15, -0.1) is 0 Å². The molecule has 5 N–H and O–H groups in total. The van der Waals surface area contributed by atoms with E-state index in [1.54, 1.807) is 24.3 Å². The van der Waals surface area contributed by atoms with Crippen LogP contribution in [0.4, 0.5) is 0 Å². The standard InChI is InChI=1S/C36H47N3O9S2/c1-2-46-33-11-10-28(27-8-6-26(21-37)7-9-27)18-34(33)50(44,45)39-16-14-35(15-17-39)20-29(23-48-35)38-22-30(41)24-47-31-4-3-5-32(19-31)49(42,43)36(25-40)12-13-36/h3-11,18-19,29-30,38,40-41H,2,12-17,20-25,37H2,1H3/t29-,30-/m0/s1. The van der Waals surface area contributed by atoms with Gasteiger partial charge in [-0.3, -0.25) is 0 Å². The van der Waals surface area contributed by atoms with Crippen LogP contribution >= 0.6 is 0 Å². The first kappa shape index (κ1) is 36.7. The summed E-state index contributed by atoms with van der Waals surface area (Å²) in [7, 11) is -7.54. The second kappa shape index (κ2) is 14.9. The molecule has 3 fully saturated rings. The molecule has 3 aliphatic rings. The number of benzene rings is 3. The number of nitrogens with one attached hydrogen (secondary N) is 1. The number of sulfonamides is 1. The van der Waals surface area contributed by atoms with E-state index >= 15 is 0 Å². The lowest BCUT2D eigenvalue weighted by Crippen LogP contribution is -2.47. The summed E-state index contributed by atoms with van der Waals surface area (Å²) in [5.41, 5.74) is 7.94. The molecule has 2 aliphatic heterocycles. The maximum atomic E-state index is 14.0. The molecule has 2 heterocycles. The van der Waals surface area contributed by atoms with Gasteiger partial charge in [0.2, 0.25) is 10.0 Å².